The minimum atomic E-state index is 0.634. The van der Waals surface area contributed by atoms with Crippen LogP contribution >= 0.6 is 0 Å². The lowest BCUT2D eigenvalue weighted by atomic mass is 9.92. The molecule has 0 atom stereocenters. The molecule has 2 heteroatoms. The number of hydrogen-bond donors (Lipinski definition) is 1. The quantitative estimate of drug-likeness (QED) is 0.682. The fourth-order valence-electron chi connectivity index (χ4n) is 2.22. The summed E-state index contributed by atoms with van der Waals surface area (Å²) in [5.74, 6) is 0.974. The smallest absolute Gasteiger partial charge is 0.0202 e. The van der Waals surface area contributed by atoms with Gasteiger partial charge in [0, 0.05) is 13.1 Å². The molecule has 2 N–H and O–H groups in total. The Balaban J connectivity index is 2.18. The highest BCUT2D eigenvalue weighted by atomic mass is 15.1. The van der Waals surface area contributed by atoms with E-state index in [0.717, 1.165) is 12.5 Å². The molecular formula is C12H24N2. The zero-order valence-electron chi connectivity index (χ0n) is 9.47. The second-order valence-corrected chi connectivity index (χ2v) is 4.46. The van der Waals surface area contributed by atoms with E-state index in [1.807, 2.05) is 0 Å². The van der Waals surface area contributed by atoms with Gasteiger partial charge in [0.2, 0.25) is 0 Å². The van der Waals surface area contributed by atoms with E-state index in [9.17, 15) is 0 Å². The Morgan fingerprint density at radius 2 is 2.07 bits per heavy atom. The molecule has 1 aliphatic heterocycles. The number of piperidine rings is 1. The second kappa shape index (κ2) is 6.20. The third-order valence-electron chi connectivity index (χ3n) is 3.14. The summed E-state index contributed by atoms with van der Waals surface area (Å²) in [4.78, 5) is 2.49. The average molecular weight is 196 g/mol. The molecule has 1 aliphatic rings. The van der Waals surface area contributed by atoms with Gasteiger partial charge in [-0.2, -0.15) is 0 Å². The molecule has 82 valence electrons. The number of rotatable bonds is 5. The van der Waals surface area contributed by atoms with Crippen LogP contribution < -0.4 is 5.73 Å². The molecule has 0 unspecified atom stereocenters. The first kappa shape index (κ1) is 11.7. The van der Waals surface area contributed by atoms with E-state index in [4.69, 9.17) is 5.73 Å². The molecule has 1 fully saturated rings. The summed E-state index contributed by atoms with van der Waals surface area (Å²) in [5, 5.41) is 0. The van der Waals surface area contributed by atoms with Gasteiger partial charge in [-0.15, -0.1) is 0 Å². The van der Waals surface area contributed by atoms with Crippen molar-refractivity contribution in [1.29, 1.82) is 0 Å². The first-order valence-corrected chi connectivity index (χ1v) is 5.85. The summed E-state index contributed by atoms with van der Waals surface area (Å²) < 4.78 is 0. The van der Waals surface area contributed by atoms with Crippen molar-refractivity contribution in [3.63, 3.8) is 0 Å². The van der Waals surface area contributed by atoms with Gasteiger partial charge in [0.1, 0.15) is 0 Å². The number of likely N-dealkylation sites (tertiary alicyclic amines) is 1. The van der Waals surface area contributed by atoms with Crippen LogP contribution in [0, 0.1) is 5.92 Å². The Morgan fingerprint density at radius 1 is 1.43 bits per heavy atom. The zero-order chi connectivity index (χ0) is 10.4. The summed E-state index contributed by atoms with van der Waals surface area (Å²) in [6.07, 6.45) is 5.48. The van der Waals surface area contributed by atoms with Crippen LogP contribution in [-0.4, -0.2) is 31.1 Å². The Bertz CT molecular complexity index is 169. The lowest BCUT2D eigenvalue weighted by Gasteiger charge is -2.32. The first-order chi connectivity index (χ1) is 6.76. The van der Waals surface area contributed by atoms with Gasteiger partial charge in [0.25, 0.3) is 0 Å². The van der Waals surface area contributed by atoms with Crippen LogP contribution in [0.15, 0.2) is 12.2 Å². The molecule has 1 saturated heterocycles. The Labute approximate surface area is 88.2 Å². The fourth-order valence-corrected chi connectivity index (χ4v) is 2.22. The summed E-state index contributed by atoms with van der Waals surface area (Å²) in [5.41, 5.74) is 6.70. The molecule has 1 heterocycles. The third-order valence-corrected chi connectivity index (χ3v) is 3.14. The fraction of sp³-hybridized carbons (Fsp3) is 0.833. The molecule has 0 amide bonds. The average Bonchev–Trinajstić information content (AvgIpc) is 2.21. The molecule has 0 radical (unpaired) electrons. The van der Waals surface area contributed by atoms with E-state index in [0.29, 0.717) is 6.54 Å². The standard InChI is InChI=1S/C12H24N2/c1-3-4-12-5-7-14(8-6-12)10-11(2)9-13/h12H,2-10,13H2,1H3. The van der Waals surface area contributed by atoms with Crippen molar-refractivity contribution in [3.8, 4) is 0 Å². The van der Waals surface area contributed by atoms with Crippen LogP contribution in [0.5, 0.6) is 0 Å². The minimum Gasteiger partial charge on any atom is -0.327 e. The molecule has 0 spiro atoms. The zero-order valence-corrected chi connectivity index (χ0v) is 9.47. The predicted molar refractivity (Wildman–Crippen MR) is 62.3 cm³/mol. The summed E-state index contributed by atoms with van der Waals surface area (Å²) in [6.45, 7) is 10.4. The molecule has 0 saturated carbocycles. The molecule has 0 aromatic heterocycles. The monoisotopic (exact) mass is 196 g/mol. The molecular weight excluding hydrogens is 172 g/mol. The van der Waals surface area contributed by atoms with Gasteiger partial charge in [0.15, 0.2) is 0 Å². The van der Waals surface area contributed by atoms with Gasteiger partial charge in [0.05, 0.1) is 0 Å². The van der Waals surface area contributed by atoms with E-state index in [2.05, 4.69) is 18.4 Å². The topological polar surface area (TPSA) is 29.3 Å². The molecule has 0 aliphatic carbocycles. The summed E-state index contributed by atoms with van der Waals surface area (Å²) in [6, 6.07) is 0. The lowest BCUT2D eigenvalue weighted by Crippen LogP contribution is -2.35. The maximum Gasteiger partial charge on any atom is 0.0202 e. The van der Waals surface area contributed by atoms with Gasteiger partial charge in [-0.1, -0.05) is 26.3 Å². The maximum atomic E-state index is 5.54. The van der Waals surface area contributed by atoms with Crippen molar-refractivity contribution in [3.05, 3.63) is 12.2 Å². The molecule has 2 nitrogen and oxygen atoms in total. The van der Waals surface area contributed by atoms with Crippen molar-refractivity contribution in [2.24, 2.45) is 11.7 Å². The Morgan fingerprint density at radius 3 is 2.57 bits per heavy atom. The maximum absolute atomic E-state index is 5.54. The van der Waals surface area contributed by atoms with Gasteiger partial charge >= 0.3 is 0 Å². The highest BCUT2D eigenvalue weighted by Gasteiger charge is 2.18. The number of nitrogens with zero attached hydrogens (tertiary/aromatic N) is 1. The van der Waals surface area contributed by atoms with E-state index >= 15 is 0 Å². The molecule has 0 aromatic rings. The van der Waals surface area contributed by atoms with Crippen LogP contribution in [0.2, 0.25) is 0 Å². The third kappa shape index (κ3) is 3.81. The van der Waals surface area contributed by atoms with Crippen molar-refractivity contribution >= 4 is 0 Å². The molecule has 1 rings (SSSR count). The first-order valence-electron chi connectivity index (χ1n) is 5.85. The predicted octanol–water partition coefficient (Wildman–Crippen LogP) is 2.01. The number of nitrogens with two attached hydrogens (primary N) is 1. The van der Waals surface area contributed by atoms with E-state index in [1.54, 1.807) is 0 Å². The van der Waals surface area contributed by atoms with Gasteiger partial charge in [-0.05, 0) is 37.4 Å². The second-order valence-electron chi connectivity index (χ2n) is 4.46. The van der Waals surface area contributed by atoms with Crippen LogP contribution in [0.4, 0.5) is 0 Å². The van der Waals surface area contributed by atoms with Crippen molar-refractivity contribution < 1.29 is 0 Å². The van der Waals surface area contributed by atoms with Gasteiger partial charge < -0.3 is 5.73 Å². The van der Waals surface area contributed by atoms with E-state index < -0.39 is 0 Å². The summed E-state index contributed by atoms with van der Waals surface area (Å²) in [7, 11) is 0. The van der Waals surface area contributed by atoms with Crippen molar-refractivity contribution in [2.75, 3.05) is 26.2 Å². The highest BCUT2D eigenvalue weighted by molar-refractivity contribution is 4.99. The molecule has 0 bridgehead atoms. The Kier molecular flexibility index (Phi) is 5.20. The van der Waals surface area contributed by atoms with Crippen LogP contribution in [-0.2, 0) is 0 Å². The highest BCUT2D eigenvalue weighted by Crippen LogP contribution is 2.21. The van der Waals surface area contributed by atoms with Crippen LogP contribution in [0.25, 0.3) is 0 Å². The van der Waals surface area contributed by atoms with Crippen LogP contribution in [0.3, 0.4) is 0 Å². The van der Waals surface area contributed by atoms with Gasteiger partial charge in [-0.3, -0.25) is 4.90 Å². The largest absolute Gasteiger partial charge is 0.327 e. The SMILES string of the molecule is C=C(CN)CN1CCC(CCC)CC1. The van der Waals surface area contributed by atoms with Crippen molar-refractivity contribution in [1.82, 2.24) is 4.90 Å². The van der Waals surface area contributed by atoms with Crippen LogP contribution in [0.1, 0.15) is 32.6 Å². The van der Waals surface area contributed by atoms with E-state index in [-0.39, 0.29) is 0 Å². The Hall–Kier alpha value is -0.340. The molecule has 0 aromatic carbocycles. The minimum absolute atomic E-state index is 0.634. The normalized spacial score (nSPS) is 19.9. The molecule has 14 heavy (non-hydrogen) atoms. The lowest BCUT2D eigenvalue weighted by molar-refractivity contribution is 0.190. The van der Waals surface area contributed by atoms with Crippen molar-refractivity contribution in [2.45, 2.75) is 32.6 Å². The summed E-state index contributed by atoms with van der Waals surface area (Å²) >= 11 is 0. The number of hydrogen-bond acceptors (Lipinski definition) is 2. The van der Waals surface area contributed by atoms with Gasteiger partial charge in [-0.25, -0.2) is 0 Å². The van der Waals surface area contributed by atoms with E-state index in [1.165, 1.54) is 44.3 Å².